The third-order valence-electron chi connectivity index (χ3n) is 2.70. The van der Waals surface area contributed by atoms with Crippen LogP contribution in [0, 0.1) is 12.3 Å². The van der Waals surface area contributed by atoms with Crippen molar-refractivity contribution >= 4 is 23.4 Å². The molecular weight excluding hydrogens is 270 g/mol. The first kappa shape index (κ1) is 14.0. The lowest BCUT2D eigenvalue weighted by molar-refractivity contribution is 0.109. The van der Waals surface area contributed by atoms with E-state index in [1.807, 2.05) is 30.3 Å². The second-order valence-corrected chi connectivity index (χ2v) is 4.56. The van der Waals surface area contributed by atoms with Crippen molar-refractivity contribution < 1.29 is 9.53 Å². The first-order valence-electron chi connectivity index (χ1n) is 5.94. The lowest BCUT2D eigenvalue weighted by Gasteiger charge is -2.13. The van der Waals surface area contributed by atoms with Gasteiger partial charge < -0.3 is 10.5 Å². The predicted octanol–water partition coefficient (Wildman–Crippen LogP) is 3.31. The minimum Gasteiger partial charge on any atom is -0.455 e. The van der Waals surface area contributed by atoms with E-state index in [0.717, 1.165) is 0 Å². The second kappa shape index (κ2) is 6.18. The average Bonchev–Trinajstić information content (AvgIpc) is 2.43. The molecule has 0 atom stereocenters. The van der Waals surface area contributed by atoms with Gasteiger partial charge in [0.25, 0.3) is 0 Å². The zero-order chi connectivity index (χ0) is 14.5. The largest absolute Gasteiger partial charge is 0.455 e. The molecule has 0 saturated carbocycles. The SMILES string of the molecule is C#CCc1cc(C(=O)S)cc(N)c1Oc1ccccc1. The molecule has 2 aromatic carbocycles. The zero-order valence-corrected chi connectivity index (χ0v) is 11.6. The fraction of sp³-hybridized carbons (Fsp3) is 0.0625. The Labute approximate surface area is 123 Å². The molecule has 0 heterocycles. The van der Waals surface area contributed by atoms with Crippen molar-refractivity contribution in [1.29, 1.82) is 0 Å². The van der Waals surface area contributed by atoms with Crippen molar-refractivity contribution in [3.63, 3.8) is 0 Å². The van der Waals surface area contributed by atoms with Crippen LogP contribution in [-0.4, -0.2) is 5.12 Å². The summed E-state index contributed by atoms with van der Waals surface area (Å²) in [5, 5.41) is -0.360. The van der Waals surface area contributed by atoms with Gasteiger partial charge in [-0.25, -0.2) is 0 Å². The molecule has 3 nitrogen and oxygen atoms in total. The predicted molar refractivity (Wildman–Crippen MR) is 83.2 cm³/mol. The maximum absolute atomic E-state index is 11.3. The molecule has 0 unspecified atom stereocenters. The number of ether oxygens (including phenoxy) is 1. The first-order valence-corrected chi connectivity index (χ1v) is 6.38. The van der Waals surface area contributed by atoms with E-state index >= 15 is 0 Å². The Bertz CT molecular complexity index is 675. The molecule has 2 N–H and O–H groups in total. The van der Waals surface area contributed by atoms with Gasteiger partial charge in [-0.15, -0.1) is 25.0 Å². The summed E-state index contributed by atoms with van der Waals surface area (Å²) in [6.45, 7) is 0. The van der Waals surface area contributed by atoms with Gasteiger partial charge in [-0.2, -0.15) is 0 Å². The molecular formula is C16H13NO2S. The fourth-order valence-corrected chi connectivity index (χ4v) is 1.94. The zero-order valence-electron chi connectivity index (χ0n) is 10.7. The number of benzene rings is 2. The third-order valence-corrected chi connectivity index (χ3v) is 2.96. The number of para-hydroxylation sites is 1. The van der Waals surface area contributed by atoms with Gasteiger partial charge in [0.2, 0.25) is 5.12 Å². The van der Waals surface area contributed by atoms with Crippen LogP contribution in [0.1, 0.15) is 15.9 Å². The second-order valence-electron chi connectivity index (χ2n) is 4.15. The van der Waals surface area contributed by atoms with Crippen LogP contribution in [0.2, 0.25) is 0 Å². The Balaban J connectivity index is 2.46. The Hall–Kier alpha value is -2.38. The van der Waals surface area contributed by atoms with Crippen molar-refractivity contribution in [2.75, 3.05) is 5.73 Å². The lowest BCUT2D eigenvalue weighted by atomic mass is 10.1. The molecule has 0 aromatic heterocycles. The average molecular weight is 283 g/mol. The van der Waals surface area contributed by atoms with Crippen LogP contribution in [0.4, 0.5) is 5.69 Å². The number of hydrogen-bond donors (Lipinski definition) is 2. The van der Waals surface area contributed by atoms with E-state index in [9.17, 15) is 4.79 Å². The number of rotatable bonds is 4. The Morgan fingerprint density at radius 2 is 2.00 bits per heavy atom. The molecule has 0 aliphatic heterocycles. The van der Waals surface area contributed by atoms with Gasteiger partial charge in [-0.3, -0.25) is 4.79 Å². The van der Waals surface area contributed by atoms with Gasteiger partial charge in [0.1, 0.15) is 5.75 Å². The van der Waals surface area contributed by atoms with Crippen LogP contribution in [0.3, 0.4) is 0 Å². The normalized spacial score (nSPS) is 9.80. The standard InChI is InChI=1S/C16H13NO2S/c1-2-6-11-9-12(16(18)20)10-14(17)15(11)19-13-7-4-3-5-8-13/h1,3-5,7-10H,6,17H2,(H,18,20). The number of terminal acetylenes is 1. The monoisotopic (exact) mass is 283 g/mol. The van der Waals surface area contributed by atoms with E-state index in [1.165, 1.54) is 6.07 Å². The quantitative estimate of drug-likeness (QED) is 0.514. The summed E-state index contributed by atoms with van der Waals surface area (Å²) in [6, 6.07) is 12.4. The Morgan fingerprint density at radius 1 is 1.30 bits per heavy atom. The highest BCUT2D eigenvalue weighted by Gasteiger charge is 2.13. The first-order chi connectivity index (χ1) is 9.61. The van der Waals surface area contributed by atoms with Crippen LogP contribution < -0.4 is 10.5 Å². The number of thiol groups is 1. The maximum atomic E-state index is 11.3. The van der Waals surface area contributed by atoms with Crippen LogP contribution >= 0.6 is 12.6 Å². The molecule has 0 aliphatic rings. The van der Waals surface area contributed by atoms with Gasteiger partial charge in [-0.05, 0) is 24.3 Å². The molecule has 20 heavy (non-hydrogen) atoms. The topological polar surface area (TPSA) is 52.3 Å². The van der Waals surface area contributed by atoms with Crippen LogP contribution in [0.25, 0.3) is 0 Å². The van der Waals surface area contributed by atoms with Crippen LogP contribution in [0.15, 0.2) is 42.5 Å². The molecule has 0 aliphatic carbocycles. The Kier molecular flexibility index (Phi) is 4.34. The summed E-state index contributed by atoms with van der Waals surface area (Å²) < 4.78 is 5.77. The van der Waals surface area contributed by atoms with Gasteiger partial charge in [-0.1, -0.05) is 18.2 Å². The van der Waals surface area contributed by atoms with E-state index in [-0.39, 0.29) is 5.12 Å². The van der Waals surface area contributed by atoms with E-state index in [2.05, 4.69) is 18.5 Å². The number of hydrogen-bond acceptors (Lipinski definition) is 3. The molecule has 2 rings (SSSR count). The fourth-order valence-electron chi connectivity index (χ4n) is 1.81. The molecule has 0 saturated heterocycles. The van der Waals surface area contributed by atoms with Crippen molar-refractivity contribution in [2.24, 2.45) is 0 Å². The molecule has 0 spiro atoms. The Morgan fingerprint density at radius 3 is 2.60 bits per heavy atom. The highest BCUT2D eigenvalue weighted by atomic mass is 32.1. The maximum Gasteiger partial charge on any atom is 0.216 e. The van der Waals surface area contributed by atoms with E-state index in [4.69, 9.17) is 16.9 Å². The number of carbonyl (C=O) groups excluding carboxylic acids is 1. The lowest BCUT2D eigenvalue weighted by Crippen LogP contribution is -2.01. The summed E-state index contributed by atoms with van der Waals surface area (Å²) in [7, 11) is 0. The summed E-state index contributed by atoms with van der Waals surface area (Å²) >= 11 is 3.80. The molecule has 4 heteroatoms. The molecule has 0 bridgehead atoms. The third kappa shape index (κ3) is 3.14. The molecule has 0 radical (unpaired) electrons. The smallest absolute Gasteiger partial charge is 0.216 e. The minimum absolute atomic E-state index is 0.321. The van der Waals surface area contributed by atoms with Crippen LogP contribution in [0.5, 0.6) is 11.5 Å². The molecule has 2 aromatic rings. The van der Waals surface area contributed by atoms with Gasteiger partial charge in [0.05, 0.1) is 5.69 Å². The summed E-state index contributed by atoms with van der Waals surface area (Å²) in [6.07, 6.45) is 5.67. The summed E-state index contributed by atoms with van der Waals surface area (Å²) in [5.41, 5.74) is 7.41. The summed E-state index contributed by atoms with van der Waals surface area (Å²) in [5.74, 6) is 3.67. The number of nitrogen functional groups attached to an aromatic ring is 1. The molecule has 0 amide bonds. The van der Waals surface area contributed by atoms with Crippen LogP contribution in [-0.2, 0) is 6.42 Å². The summed E-state index contributed by atoms with van der Waals surface area (Å²) in [4.78, 5) is 11.3. The van der Waals surface area contributed by atoms with Crippen molar-refractivity contribution in [1.82, 2.24) is 0 Å². The molecule has 0 fully saturated rings. The number of carbonyl (C=O) groups is 1. The van der Waals surface area contributed by atoms with Gasteiger partial charge in [0.15, 0.2) is 5.75 Å². The number of nitrogens with two attached hydrogens (primary N) is 1. The van der Waals surface area contributed by atoms with Crippen molar-refractivity contribution in [3.05, 3.63) is 53.6 Å². The van der Waals surface area contributed by atoms with Crippen molar-refractivity contribution in [3.8, 4) is 23.8 Å². The van der Waals surface area contributed by atoms with E-state index in [1.54, 1.807) is 6.07 Å². The molecule has 100 valence electrons. The highest BCUT2D eigenvalue weighted by molar-refractivity contribution is 7.97. The van der Waals surface area contributed by atoms with E-state index < -0.39 is 0 Å². The van der Waals surface area contributed by atoms with Gasteiger partial charge in [0, 0.05) is 17.5 Å². The highest BCUT2D eigenvalue weighted by Crippen LogP contribution is 2.33. The number of anilines is 1. The van der Waals surface area contributed by atoms with Crippen molar-refractivity contribution in [2.45, 2.75) is 6.42 Å². The minimum atomic E-state index is -0.360. The van der Waals surface area contributed by atoms with Gasteiger partial charge >= 0.3 is 0 Å². The van der Waals surface area contributed by atoms with E-state index in [0.29, 0.717) is 34.7 Å².